The molecule has 0 aromatic heterocycles. The maximum absolute atomic E-state index is 5.04. The second-order valence-corrected chi connectivity index (χ2v) is 4.65. The quantitative estimate of drug-likeness (QED) is 0.684. The van der Waals surface area contributed by atoms with E-state index < -0.39 is 0 Å². The lowest BCUT2D eigenvalue weighted by Crippen LogP contribution is -2.20. The van der Waals surface area contributed by atoms with E-state index in [1.807, 2.05) is 0 Å². The topological polar surface area (TPSA) is 18.5 Å². The van der Waals surface area contributed by atoms with Gasteiger partial charge in [0.25, 0.3) is 0 Å². The van der Waals surface area contributed by atoms with Gasteiger partial charge in [-0.1, -0.05) is 34.6 Å². The van der Waals surface area contributed by atoms with Crippen LogP contribution < -0.4 is 0 Å². The summed E-state index contributed by atoms with van der Waals surface area (Å²) in [6.45, 7) is 12.5. The van der Waals surface area contributed by atoms with E-state index in [9.17, 15) is 0 Å². The van der Waals surface area contributed by atoms with Gasteiger partial charge >= 0.3 is 0 Å². The molecule has 0 rings (SSSR count). The van der Waals surface area contributed by atoms with Crippen LogP contribution in [0.1, 0.15) is 34.6 Å². The number of ether oxygens (including phenoxy) is 2. The van der Waals surface area contributed by atoms with Crippen molar-refractivity contribution >= 4 is 0 Å². The van der Waals surface area contributed by atoms with Gasteiger partial charge in [-0.15, -0.1) is 0 Å². The fourth-order valence-corrected chi connectivity index (χ4v) is 0.861. The molecule has 0 bridgehead atoms. The van der Waals surface area contributed by atoms with E-state index in [-0.39, 0.29) is 0 Å². The molecule has 0 saturated carbocycles. The van der Waals surface area contributed by atoms with Crippen LogP contribution in [0.3, 0.4) is 0 Å². The summed E-state index contributed by atoms with van der Waals surface area (Å²) in [5.74, 6) is 2.01. The number of hydrogen-bond acceptors (Lipinski definition) is 2. The van der Waals surface area contributed by atoms with Crippen molar-refractivity contribution in [1.82, 2.24) is 0 Å². The average Bonchev–Trinajstić information content (AvgIpc) is 2.02. The number of hydrogen-bond donors (Lipinski definition) is 0. The molecule has 0 fully saturated rings. The molecule has 2 heteroatoms. The molecule has 0 radical (unpaired) electrons. The predicted octanol–water partition coefficient (Wildman–Crippen LogP) is 3.21. The van der Waals surface area contributed by atoms with Crippen molar-refractivity contribution in [3.05, 3.63) is 0 Å². The maximum Gasteiger partial charge on any atom is 0.0514 e. The van der Waals surface area contributed by atoms with Crippen molar-refractivity contribution in [3.63, 3.8) is 0 Å². The molecule has 88 valence electrons. The summed E-state index contributed by atoms with van der Waals surface area (Å²) < 4.78 is 10.1. The molecule has 0 aliphatic heterocycles. The first-order valence-corrected chi connectivity index (χ1v) is 5.43. The molecule has 0 heterocycles. The maximum atomic E-state index is 5.04. The zero-order valence-electron chi connectivity index (χ0n) is 11.0. The first-order valence-electron chi connectivity index (χ1n) is 5.43. The second kappa shape index (κ2) is 11.0. The second-order valence-electron chi connectivity index (χ2n) is 4.65. The van der Waals surface area contributed by atoms with Gasteiger partial charge in [0.2, 0.25) is 0 Å². The lowest BCUT2D eigenvalue weighted by Gasteiger charge is -2.18. The molecule has 0 aliphatic rings. The predicted molar refractivity (Wildman–Crippen MR) is 62.6 cm³/mol. The third kappa shape index (κ3) is 14.4. The molecule has 0 aromatic carbocycles. The SMILES string of the molecule is CC(C)C.COCC(COC)C(C)C. The summed E-state index contributed by atoms with van der Waals surface area (Å²) in [6.07, 6.45) is 0. The number of rotatable bonds is 5. The third-order valence-electron chi connectivity index (χ3n) is 1.70. The van der Waals surface area contributed by atoms with E-state index in [4.69, 9.17) is 9.47 Å². The van der Waals surface area contributed by atoms with Gasteiger partial charge in [-0.3, -0.25) is 0 Å². The van der Waals surface area contributed by atoms with Crippen LogP contribution in [-0.4, -0.2) is 27.4 Å². The van der Waals surface area contributed by atoms with E-state index in [1.165, 1.54) is 0 Å². The van der Waals surface area contributed by atoms with Crippen LogP contribution in [0.25, 0.3) is 0 Å². The molecular formula is C12H28O2. The van der Waals surface area contributed by atoms with Crippen LogP contribution in [0.2, 0.25) is 0 Å². The molecule has 0 spiro atoms. The fourth-order valence-electron chi connectivity index (χ4n) is 0.861. The van der Waals surface area contributed by atoms with Crippen molar-refractivity contribution in [3.8, 4) is 0 Å². The molecule has 14 heavy (non-hydrogen) atoms. The molecule has 0 unspecified atom stereocenters. The monoisotopic (exact) mass is 204 g/mol. The summed E-state index contributed by atoms with van der Waals surface area (Å²) in [4.78, 5) is 0. The molecule has 0 N–H and O–H groups in total. The van der Waals surface area contributed by atoms with Gasteiger partial charge in [0.05, 0.1) is 13.2 Å². The van der Waals surface area contributed by atoms with E-state index in [0.717, 1.165) is 19.1 Å². The third-order valence-corrected chi connectivity index (χ3v) is 1.70. The Morgan fingerprint density at radius 3 is 1.21 bits per heavy atom. The van der Waals surface area contributed by atoms with Crippen molar-refractivity contribution < 1.29 is 9.47 Å². The van der Waals surface area contributed by atoms with Crippen molar-refractivity contribution in [2.75, 3.05) is 27.4 Å². The zero-order chi connectivity index (χ0) is 11.6. The first-order chi connectivity index (χ1) is 6.45. The van der Waals surface area contributed by atoms with E-state index in [0.29, 0.717) is 11.8 Å². The highest BCUT2D eigenvalue weighted by Crippen LogP contribution is 2.10. The normalized spacial score (nSPS) is 10.7. The highest BCUT2D eigenvalue weighted by atomic mass is 16.5. The van der Waals surface area contributed by atoms with Crippen LogP contribution >= 0.6 is 0 Å². The molecular weight excluding hydrogens is 176 g/mol. The molecule has 0 atom stereocenters. The standard InChI is InChI=1S/C8H18O2.C4H10/c1-7(2)8(5-9-3)6-10-4;1-4(2)3/h7-8H,5-6H2,1-4H3;4H,1-3H3. The van der Waals surface area contributed by atoms with Crippen molar-refractivity contribution in [1.29, 1.82) is 0 Å². The summed E-state index contributed by atoms with van der Waals surface area (Å²) in [7, 11) is 3.45. The van der Waals surface area contributed by atoms with E-state index in [1.54, 1.807) is 14.2 Å². The van der Waals surface area contributed by atoms with Gasteiger partial charge in [0.1, 0.15) is 0 Å². The average molecular weight is 204 g/mol. The largest absolute Gasteiger partial charge is 0.384 e. The van der Waals surface area contributed by atoms with Gasteiger partial charge in [0, 0.05) is 20.1 Å². The Kier molecular flexibility index (Phi) is 12.8. The molecule has 0 aliphatic carbocycles. The van der Waals surface area contributed by atoms with Gasteiger partial charge in [-0.05, 0) is 11.8 Å². The highest BCUT2D eigenvalue weighted by molar-refractivity contribution is 4.60. The van der Waals surface area contributed by atoms with Gasteiger partial charge in [0.15, 0.2) is 0 Å². The summed E-state index contributed by atoms with van der Waals surface area (Å²) in [6, 6.07) is 0. The van der Waals surface area contributed by atoms with Crippen LogP contribution in [0, 0.1) is 17.8 Å². The summed E-state index contributed by atoms with van der Waals surface area (Å²) >= 11 is 0. The van der Waals surface area contributed by atoms with Gasteiger partial charge < -0.3 is 9.47 Å². The molecule has 0 saturated heterocycles. The molecule has 0 amide bonds. The fraction of sp³-hybridized carbons (Fsp3) is 1.00. The Morgan fingerprint density at radius 2 is 1.07 bits per heavy atom. The molecule has 2 nitrogen and oxygen atoms in total. The minimum absolute atomic E-state index is 0.537. The lowest BCUT2D eigenvalue weighted by molar-refractivity contribution is 0.0623. The van der Waals surface area contributed by atoms with Crippen molar-refractivity contribution in [2.24, 2.45) is 17.8 Å². The van der Waals surface area contributed by atoms with E-state index in [2.05, 4.69) is 34.6 Å². The van der Waals surface area contributed by atoms with Crippen LogP contribution in [0.15, 0.2) is 0 Å². The van der Waals surface area contributed by atoms with Crippen LogP contribution in [-0.2, 0) is 9.47 Å². The Morgan fingerprint density at radius 1 is 0.786 bits per heavy atom. The first kappa shape index (κ1) is 16.4. The minimum Gasteiger partial charge on any atom is -0.384 e. The highest BCUT2D eigenvalue weighted by Gasteiger charge is 2.11. The number of methoxy groups -OCH3 is 2. The molecule has 0 aromatic rings. The van der Waals surface area contributed by atoms with E-state index >= 15 is 0 Å². The summed E-state index contributed by atoms with van der Waals surface area (Å²) in [5.41, 5.74) is 0. The zero-order valence-corrected chi connectivity index (χ0v) is 11.0. The minimum atomic E-state index is 0.537. The Hall–Kier alpha value is -0.0800. The Balaban J connectivity index is 0. The summed E-state index contributed by atoms with van der Waals surface area (Å²) in [5, 5.41) is 0. The Bertz CT molecular complexity index is 91.7. The van der Waals surface area contributed by atoms with Crippen molar-refractivity contribution in [2.45, 2.75) is 34.6 Å². The Labute approximate surface area is 90.0 Å². The van der Waals surface area contributed by atoms with Crippen LogP contribution in [0.5, 0.6) is 0 Å². The lowest BCUT2D eigenvalue weighted by atomic mass is 9.98. The van der Waals surface area contributed by atoms with Crippen LogP contribution in [0.4, 0.5) is 0 Å². The van der Waals surface area contributed by atoms with Gasteiger partial charge in [-0.2, -0.15) is 0 Å². The van der Waals surface area contributed by atoms with Gasteiger partial charge in [-0.25, -0.2) is 0 Å². The smallest absolute Gasteiger partial charge is 0.0514 e.